The van der Waals surface area contributed by atoms with Crippen LogP contribution in [0.3, 0.4) is 0 Å². The van der Waals surface area contributed by atoms with Crippen molar-refractivity contribution in [2.75, 3.05) is 20.2 Å². The van der Waals surface area contributed by atoms with E-state index in [1.165, 1.54) is 32.4 Å². The summed E-state index contributed by atoms with van der Waals surface area (Å²) < 4.78 is 10.2. The third-order valence-corrected chi connectivity index (χ3v) is 5.08. The largest absolute Gasteiger partial charge is 0.497 e. The monoisotopic (exact) mass is 347 g/mol. The average Bonchev–Trinajstić information content (AvgIpc) is 2.92. The number of rotatable bonds is 5. The van der Waals surface area contributed by atoms with Gasteiger partial charge in [-0.3, -0.25) is 4.57 Å². The Morgan fingerprint density at radius 2 is 1.83 bits per heavy atom. The molecule has 0 atom stereocenters. The first-order valence-corrected chi connectivity index (χ1v) is 9.18. The van der Waals surface area contributed by atoms with Crippen LogP contribution >= 0.6 is 12.2 Å². The molecular weight excluding hydrogens is 320 g/mol. The van der Waals surface area contributed by atoms with Crippen molar-refractivity contribution in [1.82, 2.24) is 14.3 Å². The second-order valence-corrected chi connectivity index (χ2v) is 7.13. The topological polar surface area (TPSA) is 36.4 Å². The molecule has 1 N–H and O–H groups in total. The Balaban J connectivity index is 1.95. The Labute approximate surface area is 148 Å². The van der Waals surface area contributed by atoms with Crippen molar-refractivity contribution in [2.45, 2.75) is 45.8 Å². The van der Waals surface area contributed by atoms with E-state index < -0.39 is 0 Å². The Morgan fingerprint density at radius 3 is 2.42 bits per heavy atom. The van der Waals surface area contributed by atoms with Crippen LogP contribution in [0.5, 0.6) is 5.75 Å². The summed E-state index contributed by atoms with van der Waals surface area (Å²) in [6.45, 7) is 7.61. The van der Waals surface area contributed by atoms with Crippen molar-refractivity contribution in [3.8, 4) is 17.1 Å². The van der Waals surface area contributed by atoms with Crippen molar-refractivity contribution >= 4 is 12.2 Å². The maximum Gasteiger partial charge on any atom is 0.203 e. The predicted molar refractivity (Wildman–Crippen MR) is 98.0 cm³/mol. The number of ether oxygens (including phenoxy) is 1. The highest BCUT2D eigenvalue weighted by Crippen LogP contribution is 2.24. The van der Waals surface area contributed by atoms with Gasteiger partial charge in [0.2, 0.25) is 4.77 Å². The van der Waals surface area contributed by atoms with E-state index in [2.05, 4.69) is 18.4 Å². The summed E-state index contributed by atoms with van der Waals surface area (Å²) >= 11 is 5.73. The van der Waals surface area contributed by atoms with Gasteiger partial charge in [-0.15, -0.1) is 5.10 Å². The molecule has 6 heteroatoms. The van der Waals surface area contributed by atoms with Crippen molar-refractivity contribution in [2.24, 2.45) is 0 Å². The van der Waals surface area contributed by atoms with Crippen LogP contribution in [-0.4, -0.2) is 34.5 Å². The number of nitrogens with one attached hydrogen (secondary N) is 1. The Morgan fingerprint density at radius 1 is 1.17 bits per heavy atom. The second-order valence-electron chi connectivity index (χ2n) is 6.77. The Bertz CT molecular complexity index is 726. The number of likely N-dealkylation sites (tertiary alicyclic amines) is 1. The lowest BCUT2D eigenvalue weighted by Gasteiger charge is -2.22. The van der Waals surface area contributed by atoms with Gasteiger partial charge in [0.05, 0.1) is 20.2 Å². The molecule has 0 amide bonds. The number of nitrogens with zero attached hydrogens (tertiary/aromatic N) is 3. The van der Waals surface area contributed by atoms with Gasteiger partial charge in [-0.2, -0.15) is 4.68 Å². The first-order valence-electron chi connectivity index (χ1n) is 8.77. The SMILES string of the molecule is COc1ccc(-c2nn(C[NH+]3CCCCC3)c(=S)n2C(C)C)cc1. The van der Waals surface area contributed by atoms with E-state index in [0.717, 1.165) is 28.6 Å². The average molecular weight is 348 g/mol. The van der Waals surface area contributed by atoms with Gasteiger partial charge in [-0.05, 0) is 69.6 Å². The minimum atomic E-state index is 0.278. The Kier molecular flexibility index (Phi) is 5.36. The molecule has 0 spiro atoms. The Hall–Kier alpha value is -1.66. The third-order valence-electron chi connectivity index (χ3n) is 4.67. The molecular formula is C18H27N4OS+. The summed E-state index contributed by atoms with van der Waals surface area (Å²) in [4.78, 5) is 1.58. The van der Waals surface area contributed by atoms with Crippen molar-refractivity contribution in [3.05, 3.63) is 29.0 Å². The van der Waals surface area contributed by atoms with Gasteiger partial charge in [-0.25, -0.2) is 0 Å². The number of methoxy groups -OCH3 is 1. The van der Waals surface area contributed by atoms with Gasteiger partial charge >= 0.3 is 0 Å². The van der Waals surface area contributed by atoms with Gasteiger partial charge < -0.3 is 9.64 Å². The van der Waals surface area contributed by atoms with Crippen LogP contribution in [0.25, 0.3) is 11.4 Å². The molecule has 130 valence electrons. The first-order chi connectivity index (χ1) is 11.6. The van der Waals surface area contributed by atoms with E-state index in [4.69, 9.17) is 22.1 Å². The molecule has 0 bridgehead atoms. The van der Waals surface area contributed by atoms with E-state index in [-0.39, 0.29) is 6.04 Å². The third kappa shape index (κ3) is 3.54. The summed E-state index contributed by atoms with van der Waals surface area (Å²) in [6, 6.07) is 8.31. The molecule has 1 saturated heterocycles. The highest BCUT2D eigenvalue weighted by atomic mass is 32.1. The van der Waals surface area contributed by atoms with Crippen molar-refractivity contribution < 1.29 is 9.64 Å². The number of benzene rings is 1. The quantitative estimate of drug-likeness (QED) is 0.845. The number of aromatic nitrogens is 3. The summed E-state index contributed by atoms with van der Waals surface area (Å²) in [7, 11) is 1.68. The zero-order valence-electron chi connectivity index (χ0n) is 14.8. The van der Waals surface area contributed by atoms with Crippen LogP contribution < -0.4 is 9.64 Å². The molecule has 1 aliphatic rings. The molecule has 1 aliphatic heterocycles. The van der Waals surface area contributed by atoms with E-state index in [1.807, 2.05) is 28.9 Å². The summed E-state index contributed by atoms with van der Waals surface area (Å²) in [5.41, 5.74) is 1.07. The van der Waals surface area contributed by atoms with Crippen LogP contribution in [0.15, 0.2) is 24.3 Å². The molecule has 24 heavy (non-hydrogen) atoms. The number of piperidine rings is 1. The van der Waals surface area contributed by atoms with E-state index in [1.54, 1.807) is 12.0 Å². The van der Waals surface area contributed by atoms with Gasteiger partial charge in [-0.1, -0.05) is 0 Å². The van der Waals surface area contributed by atoms with Crippen LogP contribution in [0, 0.1) is 4.77 Å². The lowest BCUT2D eigenvalue weighted by Crippen LogP contribution is -3.12. The van der Waals surface area contributed by atoms with Crippen LogP contribution in [0.1, 0.15) is 39.2 Å². The molecule has 5 nitrogen and oxygen atoms in total. The number of hydrogen-bond acceptors (Lipinski definition) is 3. The van der Waals surface area contributed by atoms with Crippen molar-refractivity contribution in [3.63, 3.8) is 0 Å². The van der Waals surface area contributed by atoms with E-state index in [9.17, 15) is 0 Å². The lowest BCUT2D eigenvalue weighted by molar-refractivity contribution is -0.928. The molecule has 0 saturated carbocycles. The highest BCUT2D eigenvalue weighted by molar-refractivity contribution is 7.71. The fourth-order valence-corrected chi connectivity index (χ4v) is 3.75. The van der Waals surface area contributed by atoms with E-state index in [0.29, 0.717) is 0 Å². The zero-order valence-corrected chi connectivity index (χ0v) is 15.6. The minimum Gasteiger partial charge on any atom is -0.497 e. The fourth-order valence-electron chi connectivity index (χ4n) is 3.35. The second kappa shape index (κ2) is 7.49. The van der Waals surface area contributed by atoms with Gasteiger partial charge in [0, 0.05) is 11.6 Å². The predicted octanol–water partition coefficient (Wildman–Crippen LogP) is 2.70. The van der Waals surface area contributed by atoms with Crippen molar-refractivity contribution in [1.29, 1.82) is 0 Å². The minimum absolute atomic E-state index is 0.278. The molecule has 0 unspecified atom stereocenters. The summed E-state index contributed by atoms with van der Waals surface area (Å²) in [5.74, 6) is 1.79. The molecule has 2 heterocycles. The van der Waals surface area contributed by atoms with E-state index >= 15 is 0 Å². The summed E-state index contributed by atoms with van der Waals surface area (Å²) in [6.07, 6.45) is 3.96. The smallest absolute Gasteiger partial charge is 0.203 e. The molecule has 1 aromatic carbocycles. The zero-order chi connectivity index (χ0) is 17.1. The van der Waals surface area contributed by atoms with Crippen LogP contribution in [0.2, 0.25) is 0 Å². The fraction of sp³-hybridized carbons (Fsp3) is 0.556. The number of quaternary nitrogens is 1. The normalized spacial score (nSPS) is 15.8. The molecule has 0 aliphatic carbocycles. The molecule has 0 radical (unpaired) electrons. The van der Waals surface area contributed by atoms with Gasteiger partial charge in [0.25, 0.3) is 0 Å². The van der Waals surface area contributed by atoms with Crippen LogP contribution in [-0.2, 0) is 6.67 Å². The maximum atomic E-state index is 5.73. The first kappa shape index (κ1) is 17.2. The van der Waals surface area contributed by atoms with Crippen LogP contribution in [0.4, 0.5) is 0 Å². The number of hydrogen-bond donors (Lipinski definition) is 1. The maximum absolute atomic E-state index is 5.73. The molecule has 3 rings (SSSR count). The summed E-state index contributed by atoms with van der Waals surface area (Å²) in [5, 5.41) is 4.86. The standard InChI is InChI=1S/C18H26N4OS/c1-14(2)22-17(15-7-9-16(23-3)10-8-15)19-21(18(22)24)13-20-11-5-4-6-12-20/h7-10,14H,4-6,11-13H2,1-3H3/p+1. The van der Waals surface area contributed by atoms with Gasteiger partial charge in [0.1, 0.15) is 5.75 Å². The molecule has 1 aromatic heterocycles. The molecule has 2 aromatic rings. The lowest BCUT2D eigenvalue weighted by atomic mass is 10.1. The molecule has 1 fully saturated rings. The van der Waals surface area contributed by atoms with Gasteiger partial charge in [0.15, 0.2) is 12.5 Å². The highest BCUT2D eigenvalue weighted by Gasteiger charge is 2.19.